The Morgan fingerprint density at radius 2 is 2.00 bits per heavy atom. The topological polar surface area (TPSA) is 34.1 Å². The molecular formula is C8H16O2S. The lowest BCUT2D eigenvalue weighted by atomic mass is 10.3. The van der Waals surface area contributed by atoms with Crippen molar-refractivity contribution < 1.29 is 9.00 Å². The predicted octanol–water partition coefficient (Wildman–Crippen LogP) is 1.37. The van der Waals surface area contributed by atoms with Crippen molar-refractivity contribution in [3.8, 4) is 0 Å². The second kappa shape index (κ2) is 5.47. The van der Waals surface area contributed by atoms with Gasteiger partial charge in [-0.3, -0.25) is 9.00 Å². The van der Waals surface area contributed by atoms with Gasteiger partial charge in [0.15, 0.2) is 0 Å². The van der Waals surface area contributed by atoms with Gasteiger partial charge in [-0.2, -0.15) is 0 Å². The van der Waals surface area contributed by atoms with Gasteiger partial charge in [0, 0.05) is 23.0 Å². The van der Waals surface area contributed by atoms with Crippen molar-refractivity contribution in [1.29, 1.82) is 0 Å². The van der Waals surface area contributed by atoms with Gasteiger partial charge < -0.3 is 0 Å². The summed E-state index contributed by atoms with van der Waals surface area (Å²) >= 11 is 0. The molecule has 2 nitrogen and oxygen atoms in total. The maximum absolute atomic E-state index is 11.1. The third-order valence-electron chi connectivity index (χ3n) is 1.24. The second-order valence-corrected chi connectivity index (χ2v) is 4.54. The zero-order valence-electron chi connectivity index (χ0n) is 7.42. The SMILES string of the molecule is CCC(=O)CS(=O)CC(C)C. The van der Waals surface area contributed by atoms with E-state index in [0.717, 1.165) is 0 Å². The Hall–Kier alpha value is -0.180. The van der Waals surface area contributed by atoms with Crippen LogP contribution in [0.1, 0.15) is 27.2 Å². The van der Waals surface area contributed by atoms with Crippen LogP contribution >= 0.6 is 0 Å². The Kier molecular flexibility index (Phi) is 5.38. The average molecular weight is 176 g/mol. The molecule has 1 atom stereocenters. The zero-order chi connectivity index (χ0) is 8.85. The first kappa shape index (κ1) is 10.8. The van der Waals surface area contributed by atoms with Crippen molar-refractivity contribution in [1.82, 2.24) is 0 Å². The number of carbonyl (C=O) groups is 1. The third-order valence-corrected chi connectivity index (χ3v) is 2.92. The Morgan fingerprint density at radius 3 is 2.36 bits per heavy atom. The van der Waals surface area contributed by atoms with Gasteiger partial charge >= 0.3 is 0 Å². The second-order valence-electron chi connectivity index (χ2n) is 3.04. The first-order valence-corrected chi connectivity index (χ1v) is 5.41. The zero-order valence-corrected chi connectivity index (χ0v) is 8.24. The number of hydrogen-bond donors (Lipinski definition) is 0. The van der Waals surface area contributed by atoms with Crippen LogP contribution in [0.15, 0.2) is 0 Å². The van der Waals surface area contributed by atoms with E-state index in [0.29, 0.717) is 18.1 Å². The lowest BCUT2D eigenvalue weighted by molar-refractivity contribution is -0.116. The van der Waals surface area contributed by atoms with E-state index < -0.39 is 10.8 Å². The summed E-state index contributed by atoms with van der Waals surface area (Å²) in [6.07, 6.45) is 0.504. The molecule has 0 aromatic heterocycles. The van der Waals surface area contributed by atoms with E-state index in [-0.39, 0.29) is 11.5 Å². The van der Waals surface area contributed by atoms with Gasteiger partial charge in [0.25, 0.3) is 0 Å². The molecule has 0 aromatic carbocycles. The standard InChI is InChI=1S/C8H16O2S/c1-4-8(9)6-11(10)5-7(2)3/h7H,4-6H2,1-3H3. The van der Waals surface area contributed by atoms with Gasteiger partial charge in [-0.1, -0.05) is 20.8 Å². The first-order valence-electron chi connectivity index (χ1n) is 3.93. The summed E-state index contributed by atoms with van der Waals surface area (Å²) in [5, 5.41) is 0. The lowest BCUT2D eigenvalue weighted by Gasteiger charge is -2.02. The van der Waals surface area contributed by atoms with Crippen molar-refractivity contribution in [3.05, 3.63) is 0 Å². The lowest BCUT2D eigenvalue weighted by Crippen LogP contribution is -2.14. The molecule has 1 unspecified atom stereocenters. The highest BCUT2D eigenvalue weighted by Crippen LogP contribution is 1.97. The number of rotatable bonds is 5. The normalized spacial score (nSPS) is 13.5. The predicted molar refractivity (Wildman–Crippen MR) is 48.0 cm³/mol. The number of hydrogen-bond acceptors (Lipinski definition) is 2. The first-order chi connectivity index (χ1) is 5.06. The minimum atomic E-state index is -0.930. The minimum Gasteiger partial charge on any atom is -0.299 e. The molecule has 0 aliphatic carbocycles. The molecule has 0 spiro atoms. The Labute approximate surface area is 70.8 Å². The van der Waals surface area contributed by atoms with Gasteiger partial charge in [0.2, 0.25) is 0 Å². The van der Waals surface area contributed by atoms with Gasteiger partial charge in [-0.15, -0.1) is 0 Å². The summed E-state index contributed by atoms with van der Waals surface area (Å²) in [6.45, 7) is 5.82. The van der Waals surface area contributed by atoms with Crippen LogP contribution in [0.5, 0.6) is 0 Å². The fraction of sp³-hybridized carbons (Fsp3) is 0.875. The third kappa shape index (κ3) is 6.23. The van der Waals surface area contributed by atoms with Crippen LogP contribution in [0.4, 0.5) is 0 Å². The van der Waals surface area contributed by atoms with Crippen molar-refractivity contribution in [2.75, 3.05) is 11.5 Å². The maximum atomic E-state index is 11.1. The van der Waals surface area contributed by atoms with E-state index in [1.807, 2.05) is 13.8 Å². The van der Waals surface area contributed by atoms with Crippen molar-refractivity contribution in [3.63, 3.8) is 0 Å². The molecule has 0 heterocycles. The van der Waals surface area contributed by atoms with Crippen molar-refractivity contribution in [2.45, 2.75) is 27.2 Å². The fourth-order valence-electron chi connectivity index (χ4n) is 0.712. The monoisotopic (exact) mass is 176 g/mol. The molecule has 3 heteroatoms. The largest absolute Gasteiger partial charge is 0.299 e. The average Bonchev–Trinajstić information content (AvgIpc) is 1.85. The van der Waals surface area contributed by atoms with E-state index in [2.05, 4.69) is 0 Å². The van der Waals surface area contributed by atoms with Crippen LogP contribution in [-0.4, -0.2) is 21.5 Å². The minimum absolute atomic E-state index is 0.101. The van der Waals surface area contributed by atoms with Crippen LogP contribution in [0.3, 0.4) is 0 Å². The molecule has 0 fully saturated rings. The molecule has 0 bridgehead atoms. The van der Waals surface area contributed by atoms with Gasteiger partial charge in [0.05, 0.1) is 5.75 Å². The van der Waals surface area contributed by atoms with Crippen LogP contribution in [-0.2, 0) is 15.6 Å². The summed E-state index contributed by atoms with van der Waals surface area (Å²) in [5.74, 6) is 1.41. The summed E-state index contributed by atoms with van der Waals surface area (Å²) in [7, 11) is -0.930. The van der Waals surface area contributed by atoms with E-state index in [1.165, 1.54) is 0 Å². The molecule has 0 aliphatic heterocycles. The molecule has 0 radical (unpaired) electrons. The van der Waals surface area contributed by atoms with E-state index in [9.17, 15) is 9.00 Å². The molecule has 0 aliphatic rings. The Morgan fingerprint density at radius 1 is 1.45 bits per heavy atom. The summed E-state index contributed by atoms with van der Waals surface area (Å²) < 4.78 is 11.1. The summed E-state index contributed by atoms with van der Waals surface area (Å²) in [6, 6.07) is 0. The molecule has 11 heavy (non-hydrogen) atoms. The van der Waals surface area contributed by atoms with Crippen molar-refractivity contribution >= 4 is 16.6 Å². The summed E-state index contributed by atoms with van der Waals surface area (Å²) in [5.41, 5.74) is 0. The molecule has 0 N–H and O–H groups in total. The molecule has 0 rings (SSSR count). The van der Waals surface area contributed by atoms with Crippen molar-refractivity contribution in [2.24, 2.45) is 5.92 Å². The Balaban J connectivity index is 3.61. The highest BCUT2D eigenvalue weighted by molar-refractivity contribution is 7.85. The number of Topliss-reactive ketones (excluding diaryl/α,β-unsaturated/α-hetero) is 1. The molecule has 0 saturated carbocycles. The maximum Gasteiger partial charge on any atom is 0.145 e. The fourth-order valence-corrected chi connectivity index (χ4v) is 2.14. The Bertz CT molecular complexity index is 152. The van der Waals surface area contributed by atoms with Gasteiger partial charge in [0.1, 0.15) is 5.78 Å². The van der Waals surface area contributed by atoms with E-state index in [1.54, 1.807) is 6.92 Å². The van der Waals surface area contributed by atoms with Gasteiger partial charge in [-0.05, 0) is 5.92 Å². The molecule has 0 saturated heterocycles. The van der Waals surface area contributed by atoms with E-state index >= 15 is 0 Å². The molecular weight excluding hydrogens is 160 g/mol. The van der Waals surface area contributed by atoms with Crippen LogP contribution in [0.2, 0.25) is 0 Å². The number of carbonyl (C=O) groups excluding carboxylic acids is 1. The summed E-state index contributed by atoms with van der Waals surface area (Å²) in [4.78, 5) is 10.8. The quantitative estimate of drug-likeness (QED) is 0.634. The van der Waals surface area contributed by atoms with Gasteiger partial charge in [-0.25, -0.2) is 0 Å². The smallest absolute Gasteiger partial charge is 0.145 e. The molecule has 0 amide bonds. The molecule has 66 valence electrons. The highest BCUT2D eigenvalue weighted by Gasteiger charge is 2.07. The van der Waals surface area contributed by atoms with Crippen LogP contribution in [0.25, 0.3) is 0 Å². The molecule has 0 aromatic rings. The number of ketones is 1. The highest BCUT2D eigenvalue weighted by atomic mass is 32.2. The van der Waals surface area contributed by atoms with Crippen LogP contribution < -0.4 is 0 Å². The van der Waals surface area contributed by atoms with E-state index in [4.69, 9.17) is 0 Å². The van der Waals surface area contributed by atoms with Crippen LogP contribution in [0, 0.1) is 5.92 Å².